The van der Waals surface area contributed by atoms with E-state index in [0.717, 1.165) is 18.5 Å². The number of sulfonamides is 1. The number of benzene rings is 3. The van der Waals surface area contributed by atoms with Crippen LogP contribution in [0, 0.1) is 12.3 Å². The number of fused-ring (bicyclic) bond motifs is 1. The fourth-order valence-electron chi connectivity index (χ4n) is 5.71. The van der Waals surface area contributed by atoms with Crippen molar-refractivity contribution in [3.8, 4) is 0 Å². The Morgan fingerprint density at radius 2 is 1.64 bits per heavy atom. The summed E-state index contributed by atoms with van der Waals surface area (Å²) in [5, 5.41) is 7.47. The van der Waals surface area contributed by atoms with Crippen LogP contribution in [0.15, 0.2) is 65.6 Å². The van der Waals surface area contributed by atoms with E-state index in [1.807, 2.05) is 36.1 Å². The fraction of sp³-hybridized carbons (Fsp3) is 0.400. The molecule has 3 N–H and O–H groups in total. The van der Waals surface area contributed by atoms with Gasteiger partial charge in [0.15, 0.2) is 0 Å². The number of piperidine rings is 1. The van der Waals surface area contributed by atoms with E-state index in [2.05, 4.69) is 29.2 Å². The number of rotatable bonds is 6. The Hall–Kier alpha value is -3.27. The average Bonchev–Trinajstić information content (AvgIpc) is 3.27. The van der Waals surface area contributed by atoms with E-state index in [1.54, 1.807) is 36.4 Å². The Morgan fingerprint density at radius 3 is 2.33 bits per heavy atom. The SMILES string of the molecule is Cc1ccccc1C(=O)Nc1cccc2c(S(=O)(=O)NC3CCN(C(=O)[C@H]4NCCC4(C)C)CC3)cccc12. The lowest BCUT2D eigenvalue weighted by atomic mass is 9.84. The summed E-state index contributed by atoms with van der Waals surface area (Å²) >= 11 is 0. The molecule has 2 amide bonds. The van der Waals surface area contributed by atoms with Crippen LogP contribution in [-0.2, 0) is 14.8 Å². The molecule has 0 bridgehead atoms. The molecule has 2 saturated heterocycles. The van der Waals surface area contributed by atoms with Crippen molar-refractivity contribution in [1.82, 2.24) is 14.9 Å². The quantitative estimate of drug-likeness (QED) is 0.431. The zero-order valence-corrected chi connectivity index (χ0v) is 23.5. The molecular formula is C30H36N4O4S. The summed E-state index contributed by atoms with van der Waals surface area (Å²) in [6, 6.07) is 17.2. The molecule has 0 radical (unpaired) electrons. The van der Waals surface area contributed by atoms with Crippen LogP contribution >= 0.6 is 0 Å². The number of hydrogen-bond acceptors (Lipinski definition) is 5. The van der Waals surface area contributed by atoms with Crippen molar-refractivity contribution < 1.29 is 18.0 Å². The number of aryl methyl sites for hydroxylation is 1. The van der Waals surface area contributed by atoms with E-state index >= 15 is 0 Å². The summed E-state index contributed by atoms with van der Waals surface area (Å²) in [6.07, 6.45) is 2.07. The molecule has 0 aromatic heterocycles. The first-order chi connectivity index (χ1) is 18.6. The van der Waals surface area contributed by atoms with Crippen molar-refractivity contribution in [2.24, 2.45) is 5.41 Å². The highest BCUT2D eigenvalue weighted by Gasteiger charge is 2.42. The number of amides is 2. The standard InChI is InChI=1S/C30H36N4O4S/c1-20-8-4-5-9-22(20)28(35)32-25-12-6-11-24-23(25)10-7-13-26(24)39(37,38)33-21-14-18-34(19-15-21)29(36)27-30(2,3)16-17-31-27/h4-13,21,27,31,33H,14-19H2,1-3H3,(H,32,35)/t27-/m1/s1. The van der Waals surface area contributed by atoms with Gasteiger partial charge in [-0.25, -0.2) is 13.1 Å². The molecule has 2 aliphatic rings. The van der Waals surface area contributed by atoms with Crippen LogP contribution in [0.5, 0.6) is 0 Å². The third-order valence-electron chi connectivity index (χ3n) is 8.08. The normalized spacial score (nSPS) is 19.8. The number of carbonyl (C=O) groups is 2. The summed E-state index contributed by atoms with van der Waals surface area (Å²) in [7, 11) is -3.84. The second-order valence-electron chi connectivity index (χ2n) is 11.3. The van der Waals surface area contributed by atoms with E-state index in [-0.39, 0.29) is 34.2 Å². The van der Waals surface area contributed by atoms with Crippen LogP contribution < -0.4 is 15.4 Å². The first kappa shape index (κ1) is 27.3. The minimum Gasteiger partial charge on any atom is -0.341 e. The molecule has 39 heavy (non-hydrogen) atoms. The largest absolute Gasteiger partial charge is 0.341 e. The number of anilines is 1. The first-order valence-electron chi connectivity index (χ1n) is 13.5. The predicted molar refractivity (Wildman–Crippen MR) is 153 cm³/mol. The van der Waals surface area contributed by atoms with Crippen LogP contribution in [0.2, 0.25) is 0 Å². The van der Waals surface area contributed by atoms with Gasteiger partial charge in [0, 0.05) is 41.2 Å². The van der Waals surface area contributed by atoms with E-state index in [0.29, 0.717) is 48.0 Å². The molecule has 0 aliphatic carbocycles. The smallest absolute Gasteiger partial charge is 0.255 e. The van der Waals surface area contributed by atoms with Gasteiger partial charge in [-0.15, -0.1) is 0 Å². The molecule has 3 aromatic carbocycles. The minimum atomic E-state index is -3.84. The van der Waals surface area contributed by atoms with Gasteiger partial charge in [0.05, 0.1) is 10.9 Å². The Kier molecular flexibility index (Phi) is 7.50. The van der Waals surface area contributed by atoms with Gasteiger partial charge >= 0.3 is 0 Å². The third kappa shape index (κ3) is 5.57. The van der Waals surface area contributed by atoms with E-state index in [4.69, 9.17) is 0 Å². The van der Waals surface area contributed by atoms with Crippen LogP contribution in [0.1, 0.15) is 49.0 Å². The zero-order valence-electron chi connectivity index (χ0n) is 22.7. The number of nitrogens with zero attached hydrogens (tertiary/aromatic N) is 1. The van der Waals surface area contributed by atoms with Crippen LogP contribution in [0.4, 0.5) is 5.69 Å². The van der Waals surface area contributed by atoms with Crippen molar-refractivity contribution in [3.05, 3.63) is 71.8 Å². The van der Waals surface area contributed by atoms with Crippen LogP contribution in [0.25, 0.3) is 10.8 Å². The van der Waals surface area contributed by atoms with E-state index in [1.165, 1.54) is 0 Å². The molecular weight excluding hydrogens is 512 g/mol. The average molecular weight is 549 g/mol. The molecule has 2 heterocycles. The summed E-state index contributed by atoms with van der Waals surface area (Å²) in [6.45, 7) is 7.97. The predicted octanol–water partition coefficient (Wildman–Crippen LogP) is 4.06. The van der Waals surface area contributed by atoms with Crippen molar-refractivity contribution >= 4 is 38.3 Å². The minimum absolute atomic E-state index is 0.0812. The van der Waals surface area contributed by atoms with Gasteiger partial charge in [0.2, 0.25) is 15.9 Å². The Morgan fingerprint density at radius 1 is 0.949 bits per heavy atom. The second kappa shape index (κ2) is 10.7. The molecule has 3 aromatic rings. The molecule has 8 nitrogen and oxygen atoms in total. The maximum absolute atomic E-state index is 13.5. The summed E-state index contributed by atoms with van der Waals surface area (Å²) in [4.78, 5) is 28.1. The molecule has 0 saturated carbocycles. The lowest BCUT2D eigenvalue weighted by molar-refractivity contribution is -0.136. The first-order valence-corrected chi connectivity index (χ1v) is 15.0. The number of hydrogen-bond donors (Lipinski definition) is 3. The molecule has 0 unspecified atom stereocenters. The van der Waals surface area contributed by atoms with Crippen molar-refractivity contribution in [1.29, 1.82) is 0 Å². The number of carbonyl (C=O) groups excluding carboxylic acids is 2. The molecule has 2 fully saturated rings. The topological polar surface area (TPSA) is 108 Å². The third-order valence-corrected chi connectivity index (χ3v) is 9.66. The van der Waals surface area contributed by atoms with Crippen LogP contribution in [-0.4, -0.2) is 56.9 Å². The Balaban J connectivity index is 1.30. The van der Waals surface area contributed by atoms with Gasteiger partial charge in [-0.05, 0) is 61.9 Å². The lowest BCUT2D eigenvalue weighted by Crippen LogP contribution is -2.53. The molecule has 9 heteroatoms. The monoisotopic (exact) mass is 548 g/mol. The maximum atomic E-state index is 13.5. The van der Waals surface area contributed by atoms with Gasteiger partial charge in [-0.2, -0.15) is 0 Å². The molecule has 2 aliphatic heterocycles. The number of nitrogens with one attached hydrogen (secondary N) is 3. The van der Waals surface area contributed by atoms with Gasteiger partial charge < -0.3 is 15.5 Å². The Bertz CT molecular complexity index is 1510. The highest BCUT2D eigenvalue weighted by molar-refractivity contribution is 7.89. The summed E-state index contributed by atoms with van der Waals surface area (Å²) in [5.74, 6) is -0.141. The lowest BCUT2D eigenvalue weighted by Gasteiger charge is -2.36. The number of likely N-dealkylation sites (tertiary alicyclic amines) is 1. The highest BCUT2D eigenvalue weighted by Crippen LogP contribution is 2.32. The van der Waals surface area contributed by atoms with Gasteiger partial charge in [-0.1, -0.05) is 56.3 Å². The second-order valence-corrected chi connectivity index (χ2v) is 13.0. The van der Waals surface area contributed by atoms with Crippen molar-refractivity contribution in [2.75, 3.05) is 25.0 Å². The van der Waals surface area contributed by atoms with Gasteiger partial charge in [-0.3, -0.25) is 9.59 Å². The highest BCUT2D eigenvalue weighted by atomic mass is 32.2. The Labute approximate surface area is 230 Å². The van der Waals surface area contributed by atoms with Crippen LogP contribution in [0.3, 0.4) is 0 Å². The van der Waals surface area contributed by atoms with Crippen molar-refractivity contribution in [2.45, 2.75) is 57.0 Å². The molecule has 206 valence electrons. The zero-order chi connectivity index (χ0) is 27.8. The van der Waals surface area contributed by atoms with Gasteiger partial charge in [0.25, 0.3) is 5.91 Å². The molecule has 5 rings (SSSR count). The summed E-state index contributed by atoms with van der Waals surface area (Å²) in [5.41, 5.74) is 1.89. The van der Waals surface area contributed by atoms with Crippen molar-refractivity contribution in [3.63, 3.8) is 0 Å². The maximum Gasteiger partial charge on any atom is 0.255 e. The van der Waals surface area contributed by atoms with E-state index < -0.39 is 10.0 Å². The summed E-state index contributed by atoms with van der Waals surface area (Å²) < 4.78 is 29.9. The molecule has 0 spiro atoms. The van der Waals surface area contributed by atoms with E-state index in [9.17, 15) is 18.0 Å². The fourth-order valence-corrected chi connectivity index (χ4v) is 7.23. The molecule has 1 atom stereocenters. The van der Waals surface area contributed by atoms with Gasteiger partial charge in [0.1, 0.15) is 0 Å².